The van der Waals surface area contributed by atoms with Crippen molar-refractivity contribution in [2.24, 2.45) is 0 Å². The topological polar surface area (TPSA) is 58.6 Å². The Labute approximate surface area is 186 Å². The molecule has 5 nitrogen and oxygen atoms in total. The molecule has 1 N–H and O–H groups in total. The number of ether oxygens (including phenoxy) is 1. The molecule has 0 bridgehead atoms. The molecule has 2 rings (SSSR count). The van der Waals surface area contributed by atoms with Crippen LogP contribution in [0.5, 0.6) is 5.75 Å². The number of para-hydroxylation sites is 1. The third-order valence-electron chi connectivity index (χ3n) is 4.75. The lowest BCUT2D eigenvalue weighted by Gasteiger charge is -2.30. The molecule has 0 saturated heterocycles. The van der Waals surface area contributed by atoms with Crippen LogP contribution in [0.15, 0.2) is 42.5 Å². The van der Waals surface area contributed by atoms with Crippen LogP contribution in [-0.4, -0.2) is 35.4 Å². The fourth-order valence-electron chi connectivity index (χ4n) is 2.69. The largest absolute Gasteiger partial charge is 0.481 e. The monoisotopic (exact) mass is 454 g/mol. The molecule has 0 saturated carbocycles. The van der Waals surface area contributed by atoms with Crippen molar-refractivity contribution in [2.75, 3.05) is 6.61 Å². The summed E-state index contributed by atoms with van der Waals surface area (Å²) in [6.07, 6.45) is 0.749. The van der Waals surface area contributed by atoms with Crippen molar-refractivity contribution in [1.29, 1.82) is 0 Å². The summed E-state index contributed by atoms with van der Waals surface area (Å²) in [5, 5.41) is 3.62. The van der Waals surface area contributed by atoms with Crippen molar-refractivity contribution < 1.29 is 18.7 Å². The highest BCUT2D eigenvalue weighted by Gasteiger charge is 2.28. The second-order valence-electron chi connectivity index (χ2n) is 6.93. The molecule has 0 radical (unpaired) electrons. The van der Waals surface area contributed by atoms with Gasteiger partial charge >= 0.3 is 0 Å². The second-order valence-corrected chi connectivity index (χ2v) is 7.75. The van der Waals surface area contributed by atoms with Gasteiger partial charge in [-0.05, 0) is 44.5 Å². The first kappa shape index (κ1) is 24.0. The van der Waals surface area contributed by atoms with Crippen LogP contribution in [0.1, 0.15) is 32.8 Å². The third kappa shape index (κ3) is 6.34. The lowest BCUT2D eigenvalue weighted by atomic mass is 10.1. The number of rotatable bonds is 9. The van der Waals surface area contributed by atoms with E-state index in [0.29, 0.717) is 15.6 Å². The van der Waals surface area contributed by atoms with Crippen molar-refractivity contribution in [3.8, 4) is 5.75 Å². The summed E-state index contributed by atoms with van der Waals surface area (Å²) in [4.78, 5) is 27.0. The van der Waals surface area contributed by atoms with Crippen LogP contribution in [0.4, 0.5) is 4.39 Å². The predicted octanol–water partition coefficient (Wildman–Crippen LogP) is 4.84. The summed E-state index contributed by atoms with van der Waals surface area (Å²) >= 11 is 12.5. The first-order chi connectivity index (χ1) is 14.2. The van der Waals surface area contributed by atoms with Crippen molar-refractivity contribution in [3.63, 3.8) is 0 Å². The van der Waals surface area contributed by atoms with Gasteiger partial charge in [-0.15, -0.1) is 0 Å². The highest BCUT2D eigenvalue weighted by molar-refractivity contribution is 6.36. The van der Waals surface area contributed by atoms with Gasteiger partial charge in [0.15, 0.2) is 18.2 Å². The molecule has 30 heavy (non-hydrogen) atoms. The standard InChI is InChI=1S/C22H25Cl2FN2O3/c1-4-14(2)26-22(29)15(3)27(12-16-17(23)8-7-9-18(16)24)21(28)13-30-20-11-6-5-10-19(20)25/h5-11,14-15H,4,12-13H2,1-3H3,(H,26,29). The number of amides is 2. The molecule has 162 valence electrons. The number of halogens is 3. The lowest BCUT2D eigenvalue weighted by molar-refractivity contribution is -0.142. The van der Waals surface area contributed by atoms with Crippen LogP contribution >= 0.6 is 23.2 Å². The number of carbonyl (C=O) groups is 2. The maximum atomic E-state index is 13.8. The summed E-state index contributed by atoms with van der Waals surface area (Å²) in [5.74, 6) is -1.43. The van der Waals surface area contributed by atoms with E-state index in [1.807, 2.05) is 13.8 Å². The van der Waals surface area contributed by atoms with Crippen LogP contribution in [0.3, 0.4) is 0 Å². The average Bonchev–Trinajstić information content (AvgIpc) is 2.72. The zero-order chi connectivity index (χ0) is 22.3. The molecular weight excluding hydrogens is 430 g/mol. The molecule has 0 heterocycles. The minimum Gasteiger partial charge on any atom is -0.481 e. The Balaban J connectivity index is 2.24. The summed E-state index contributed by atoms with van der Waals surface area (Å²) in [7, 11) is 0. The summed E-state index contributed by atoms with van der Waals surface area (Å²) in [6.45, 7) is 5.01. The molecule has 8 heteroatoms. The fraction of sp³-hybridized carbons (Fsp3) is 0.364. The first-order valence-corrected chi connectivity index (χ1v) is 10.4. The van der Waals surface area contributed by atoms with Crippen molar-refractivity contribution in [2.45, 2.75) is 45.8 Å². The van der Waals surface area contributed by atoms with Crippen LogP contribution in [0.2, 0.25) is 10.0 Å². The van der Waals surface area contributed by atoms with Gasteiger partial charge in [0.25, 0.3) is 5.91 Å². The van der Waals surface area contributed by atoms with E-state index in [1.54, 1.807) is 31.2 Å². The third-order valence-corrected chi connectivity index (χ3v) is 5.45. The summed E-state index contributed by atoms with van der Waals surface area (Å²) in [5.41, 5.74) is 0.517. The van der Waals surface area contributed by atoms with Crippen LogP contribution in [0.25, 0.3) is 0 Å². The van der Waals surface area contributed by atoms with E-state index in [4.69, 9.17) is 27.9 Å². The Kier molecular flexibility index (Phi) is 8.93. The molecule has 2 amide bonds. The minimum atomic E-state index is -0.817. The van der Waals surface area contributed by atoms with Gasteiger partial charge in [0.1, 0.15) is 6.04 Å². The molecular formula is C22H25Cl2FN2O3. The van der Waals surface area contributed by atoms with E-state index in [-0.39, 0.29) is 24.2 Å². The highest BCUT2D eigenvalue weighted by Crippen LogP contribution is 2.26. The smallest absolute Gasteiger partial charge is 0.261 e. The van der Waals surface area contributed by atoms with Crippen LogP contribution in [-0.2, 0) is 16.1 Å². The molecule has 2 aromatic rings. The molecule has 0 aliphatic heterocycles. The van der Waals surface area contributed by atoms with E-state index in [2.05, 4.69) is 5.32 Å². The minimum absolute atomic E-state index is 0.00701. The Hall–Kier alpha value is -2.31. The molecule has 0 spiro atoms. The SMILES string of the molecule is CCC(C)NC(=O)C(C)N(Cc1c(Cl)cccc1Cl)C(=O)COc1ccccc1F. The molecule has 0 aliphatic rings. The van der Waals surface area contributed by atoms with Gasteiger partial charge in [-0.3, -0.25) is 9.59 Å². The molecule has 0 aliphatic carbocycles. The summed E-state index contributed by atoms with van der Waals surface area (Å²) < 4.78 is 19.2. The Morgan fingerprint density at radius 1 is 1.10 bits per heavy atom. The average molecular weight is 455 g/mol. The van der Waals surface area contributed by atoms with Gasteiger partial charge in [0.2, 0.25) is 5.91 Å². The predicted molar refractivity (Wildman–Crippen MR) is 116 cm³/mol. The number of hydrogen-bond acceptors (Lipinski definition) is 3. The number of benzene rings is 2. The van der Waals surface area contributed by atoms with E-state index >= 15 is 0 Å². The Morgan fingerprint density at radius 3 is 2.33 bits per heavy atom. The van der Waals surface area contributed by atoms with Crippen molar-refractivity contribution >= 4 is 35.0 Å². The van der Waals surface area contributed by atoms with Crippen molar-refractivity contribution in [3.05, 3.63) is 63.9 Å². The molecule has 0 aromatic heterocycles. The molecule has 2 atom stereocenters. The maximum Gasteiger partial charge on any atom is 0.261 e. The van der Waals surface area contributed by atoms with E-state index in [9.17, 15) is 14.0 Å². The quantitative estimate of drug-likeness (QED) is 0.589. The lowest BCUT2D eigenvalue weighted by Crippen LogP contribution is -2.50. The number of nitrogens with zero attached hydrogens (tertiary/aromatic N) is 1. The van der Waals surface area contributed by atoms with Gasteiger partial charge < -0.3 is 15.0 Å². The zero-order valence-electron chi connectivity index (χ0n) is 17.1. The Bertz CT molecular complexity index is 874. The zero-order valence-corrected chi connectivity index (χ0v) is 18.6. The number of carbonyl (C=O) groups excluding carboxylic acids is 2. The Morgan fingerprint density at radius 2 is 1.73 bits per heavy atom. The van der Waals surface area contributed by atoms with Crippen molar-refractivity contribution in [1.82, 2.24) is 10.2 Å². The fourth-order valence-corrected chi connectivity index (χ4v) is 3.20. The van der Waals surface area contributed by atoms with Gasteiger partial charge in [0, 0.05) is 28.2 Å². The second kappa shape index (κ2) is 11.2. The van der Waals surface area contributed by atoms with E-state index < -0.39 is 24.4 Å². The number of hydrogen-bond donors (Lipinski definition) is 1. The van der Waals surface area contributed by atoms with E-state index in [1.165, 1.54) is 23.1 Å². The van der Waals surface area contributed by atoms with Gasteiger partial charge in [-0.2, -0.15) is 0 Å². The maximum absolute atomic E-state index is 13.8. The first-order valence-electron chi connectivity index (χ1n) is 9.64. The van der Waals surface area contributed by atoms with Gasteiger partial charge in [-0.25, -0.2) is 4.39 Å². The normalized spacial score (nSPS) is 12.7. The highest BCUT2D eigenvalue weighted by atomic mass is 35.5. The van der Waals surface area contributed by atoms with Gasteiger partial charge in [0.05, 0.1) is 0 Å². The molecule has 2 unspecified atom stereocenters. The van der Waals surface area contributed by atoms with E-state index in [0.717, 1.165) is 6.42 Å². The number of nitrogens with one attached hydrogen (secondary N) is 1. The summed E-state index contributed by atoms with van der Waals surface area (Å²) in [6, 6.07) is 9.94. The molecule has 2 aromatic carbocycles. The van der Waals surface area contributed by atoms with Crippen LogP contribution < -0.4 is 10.1 Å². The van der Waals surface area contributed by atoms with Crippen LogP contribution in [0, 0.1) is 5.82 Å². The molecule has 0 fully saturated rings. The van der Waals surface area contributed by atoms with Gasteiger partial charge in [-0.1, -0.05) is 48.3 Å².